The summed E-state index contributed by atoms with van der Waals surface area (Å²) < 4.78 is 13.4. The van der Waals surface area contributed by atoms with Gasteiger partial charge in [0.05, 0.1) is 0 Å². The van der Waals surface area contributed by atoms with E-state index >= 15 is 0 Å². The van der Waals surface area contributed by atoms with Gasteiger partial charge >= 0.3 is 0 Å². The molecule has 114 valence electrons. The van der Waals surface area contributed by atoms with E-state index in [1.807, 2.05) is 6.07 Å². The standard InChI is InChI=1S/C17H29FN2/c1-13(2)7-9-20(10-8-14(3)4)17-6-5-16(18)11-15(17)12-19/h5-6,11,13-14H,7-10,12,19H2,1-4H3. The van der Waals surface area contributed by atoms with Crippen LogP contribution in [-0.4, -0.2) is 13.1 Å². The molecule has 0 aliphatic rings. The Hall–Kier alpha value is -1.09. The van der Waals surface area contributed by atoms with E-state index in [1.54, 1.807) is 6.07 Å². The summed E-state index contributed by atoms with van der Waals surface area (Å²) in [5, 5.41) is 0. The average Bonchev–Trinajstić information content (AvgIpc) is 2.38. The van der Waals surface area contributed by atoms with E-state index in [4.69, 9.17) is 5.73 Å². The molecule has 0 spiro atoms. The van der Waals surface area contributed by atoms with Crippen molar-refractivity contribution < 1.29 is 4.39 Å². The van der Waals surface area contributed by atoms with Gasteiger partial charge in [-0.2, -0.15) is 0 Å². The van der Waals surface area contributed by atoms with E-state index in [2.05, 4.69) is 32.6 Å². The molecular formula is C17H29FN2. The smallest absolute Gasteiger partial charge is 0.123 e. The zero-order valence-corrected chi connectivity index (χ0v) is 13.3. The molecule has 0 saturated carbocycles. The van der Waals surface area contributed by atoms with E-state index in [0.717, 1.165) is 37.2 Å². The number of benzene rings is 1. The number of nitrogens with two attached hydrogens (primary N) is 1. The van der Waals surface area contributed by atoms with Crippen LogP contribution in [0.15, 0.2) is 18.2 Å². The van der Waals surface area contributed by atoms with Gasteiger partial charge in [-0.05, 0) is 48.4 Å². The summed E-state index contributed by atoms with van der Waals surface area (Å²) in [5.41, 5.74) is 7.77. The van der Waals surface area contributed by atoms with E-state index < -0.39 is 0 Å². The van der Waals surface area contributed by atoms with Gasteiger partial charge in [0.15, 0.2) is 0 Å². The number of nitrogens with zero attached hydrogens (tertiary/aromatic N) is 1. The van der Waals surface area contributed by atoms with E-state index in [9.17, 15) is 4.39 Å². The molecule has 1 aromatic carbocycles. The zero-order valence-electron chi connectivity index (χ0n) is 13.3. The summed E-state index contributed by atoms with van der Waals surface area (Å²) in [6, 6.07) is 4.97. The molecule has 20 heavy (non-hydrogen) atoms. The maximum Gasteiger partial charge on any atom is 0.123 e. The van der Waals surface area contributed by atoms with Gasteiger partial charge < -0.3 is 10.6 Å². The summed E-state index contributed by atoms with van der Waals surface area (Å²) in [4.78, 5) is 2.36. The normalized spacial score (nSPS) is 11.4. The van der Waals surface area contributed by atoms with Crippen LogP contribution in [0.1, 0.15) is 46.1 Å². The Morgan fingerprint density at radius 3 is 2.05 bits per heavy atom. The monoisotopic (exact) mass is 280 g/mol. The zero-order chi connectivity index (χ0) is 15.1. The molecule has 0 saturated heterocycles. The van der Waals surface area contributed by atoms with Crippen molar-refractivity contribution in [2.24, 2.45) is 17.6 Å². The van der Waals surface area contributed by atoms with Crippen molar-refractivity contribution in [3.05, 3.63) is 29.6 Å². The summed E-state index contributed by atoms with van der Waals surface area (Å²) in [6.07, 6.45) is 2.28. The van der Waals surface area contributed by atoms with Gasteiger partial charge in [0.25, 0.3) is 0 Å². The van der Waals surface area contributed by atoms with Crippen LogP contribution in [0, 0.1) is 17.7 Å². The van der Waals surface area contributed by atoms with E-state index in [-0.39, 0.29) is 5.82 Å². The molecule has 0 fully saturated rings. The van der Waals surface area contributed by atoms with Gasteiger partial charge in [0.1, 0.15) is 5.82 Å². The quantitative estimate of drug-likeness (QED) is 0.774. The molecule has 0 atom stereocenters. The summed E-state index contributed by atoms with van der Waals surface area (Å²) in [5.74, 6) is 1.12. The van der Waals surface area contributed by atoms with Crippen LogP contribution in [0.2, 0.25) is 0 Å². The maximum absolute atomic E-state index is 13.4. The lowest BCUT2D eigenvalue weighted by Gasteiger charge is -2.28. The first-order valence-electron chi connectivity index (χ1n) is 7.67. The SMILES string of the molecule is CC(C)CCN(CCC(C)C)c1ccc(F)cc1CN. The van der Waals surface area contributed by atoms with Crippen LogP contribution in [0.25, 0.3) is 0 Å². The third-order valence-electron chi connectivity index (χ3n) is 3.55. The molecule has 0 aliphatic carbocycles. The van der Waals surface area contributed by atoms with Crippen molar-refractivity contribution in [3.63, 3.8) is 0 Å². The fourth-order valence-corrected chi connectivity index (χ4v) is 2.21. The van der Waals surface area contributed by atoms with Crippen molar-refractivity contribution in [1.82, 2.24) is 0 Å². The minimum Gasteiger partial charge on any atom is -0.371 e. The first kappa shape index (κ1) is 17.0. The second-order valence-corrected chi connectivity index (χ2v) is 6.33. The van der Waals surface area contributed by atoms with Crippen molar-refractivity contribution in [2.45, 2.75) is 47.1 Å². The Balaban J connectivity index is 2.89. The minimum absolute atomic E-state index is 0.207. The van der Waals surface area contributed by atoms with Gasteiger partial charge in [-0.3, -0.25) is 0 Å². The molecule has 0 aliphatic heterocycles. The largest absolute Gasteiger partial charge is 0.371 e. The highest BCUT2D eigenvalue weighted by molar-refractivity contribution is 5.53. The van der Waals surface area contributed by atoms with Gasteiger partial charge in [0.2, 0.25) is 0 Å². The van der Waals surface area contributed by atoms with Crippen LogP contribution < -0.4 is 10.6 Å². The summed E-state index contributed by atoms with van der Waals surface area (Å²) in [6.45, 7) is 11.3. The highest BCUT2D eigenvalue weighted by atomic mass is 19.1. The molecule has 2 nitrogen and oxygen atoms in total. The number of anilines is 1. The fourth-order valence-electron chi connectivity index (χ4n) is 2.21. The van der Waals surface area contributed by atoms with Crippen LogP contribution in [0.5, 0.6) is 0 Å². The molecule has 0 unspecified atom stereocenters. The first-order valence-corrected chi connectivity index (χ1v) is 7.67. The van der Waals surface area contributed by atoms with Crippen LogP contribution >= 0.6 is 0 Å². The second kappa shape index (κ2) is 8.25. The predicted octanol–water partition coefficient (Wildman–Crippen LogP) is 4.18. The Morgan fingerprint density at radius 1 is 1.05 bits per heavy atom. The minimum atomic E-state index is -0.207. The molecule has 1 rings (SSSR count). The Kier molecular flexibility index (Phi) is 7.00. The lowest BCUT2D eigenvalue weighted by molar-refractivity contribution is 0.534. The average molecular weight is 280 g/mol. The van der Waals surface area contributed by atoms with Gasteiger partial charge in [0, 0.05) is 25.3 Å². The highest BCUT2D eigenvalue weighted by Crippen LogP contribution is 2.23. The molecule has 1 aromatic rings. The third-order valence-corrected chi connectivity index (χ3v) is 3.55. The van der Waals surface area contributed by atoms with Crippen molar-refractivity contribution in [3.8, 4) is 0 Å². The van der Waals surface area contributed by atoms with Gasteiger partial charge in [-0.25, -0.2) is 4.39 Å². The molecular weight excluding hydrogens is 251 g/mol. The van der Waals surface area contributed by atoms with Crippen LogP contribution in [0.3, 0.4) is 0 Å². The van der Waals surface area contributed by atoms with E-state index in [1.165, 1.54) is 6.07 Å². The maximum atomic E-state index is 13.4. The van der Waals surface area contributed by atoms with Crippen molar-refractivity contribution in [2.75, 3.05) is 18.0 Å². The summed E-state index contributed by atoms with van der Waals surface area (Å²) >= 11 is 0. The summed E-state index contributed by atoms with van der Waals surface area (Å²) in [7, 11) is 0. The van der Waals surface area contributed by atoms with Gasteiger partial charge in [-0.15, -0.1) is 0 Å². The Labute approximate surface area is 123 Å². The van der Waals surface area contributed by atoms with Gasteiger partial charge in [-0.1, -0.05) is 27.7 Å². The van der Waals surface area contributed by atoms with E-state index in [0.29, 0.717) is 18.4 Å². The molecule has 0 amide bonds. The number of hydrogen-bond donors (Lipinski definition) is 1. The lowest BCUT2D eigenvalue weighted by Crippen LogP contribution is -2.29. The predicted molar refractivity (Wildman–Crippen MR) is 85.4 cm³/mol. The fraction of sp³-hybridized carbons (Fsp3) is 0.647. The lowest BCUT2D eigenvalue weighted by atomic mass is 10.1. The Bertz CT molecular complexity index is 390. The Morgan fingerprint density at radius 2 is 1.60 bits per heavy atom. The van der Waals surface area contributed by atoms with Crippen LogP contribution in [-0.2, 0) is 6.54 Å². The molecule has 0 bridgehead atoms. The highest BCUT2D eigenvalue weighted by Gasteiger charge is 2.12. The van der Waals surface area contributed by atoms with Crippen molar-refractivity contribution >= 4 is 5.69 Å². The molecule has 0 radical (unpaired) electrons. The first-order chi connectivity index (χ1) is 9.43. The molecule has 0 aromatic heterocycles. The topological polar surface area (TPSA) is 29.3 Å². The van der Waals surface area contributed by atoms with Crippen LogP contribution in [0.4, 0.5) is 10.1 Å². The second-order valence-electron chi connectivity index (χ2n) is 6.33. The number of rotatable bonds is 8. The number of hydrogen-bond acceptors (Lipinski definition) is 2. The number of halogens is 1. The third kappa shape index (κ3) is 5.49. The van der Waals surface area contributed by atoms with Crippen molar-refractivity contribution in [1.29, 1.82) is 0 Å². The molecule has 2 N–H and O–H groups in total. The molecule has 3 heteroatoms. The molecule has 0 heterocycles.